The van der Waals surface area contributed by atoms with Gasteiger partial charge in [0.2, 0.25) is 5.01 Å². The van der Waals surface area contributed by atoms with Crippen LogP contribution in [0.3, 0.4) is 0 Å². The summed E-state index contributed by atoms with van der Waals surface area (Å²) in [7, 11) is 0. The minimum Gasteiger partial charge on any atom is -0.320 e. The summed E-state index contributed by atoms with van der Waals surface area (Å²) >= 11 is 2.78. The lowest BCUT2D eigenvalue weighted by Crippen LogP contribution is -2.13. The second-order valence-corrected chi connectivity index (χ2v) is 12.2. The lowest BCUT2D eigenvalue weighted by Gasteiger charge is -2.16. The third kappa shape index (κ3) is 5.42. The molecule has 0 bridgehead atoms. The van der Waals surface area contributed by atoms with Crippen LogP contribution in [0.25, 0.3) is 11.1 Å². The van der Waals surface area contributed by atoms with Crippen LogP contribution in [0.2, 0.25) is 0 Å². The highest BCUT2D eigenvalue weighted by molar-refractivity contribution is 7.14. The van der Waals surface area contributed by atoms with E-state index in [0.29, 0.717) is 15.7 Å². The van der Waals surface area contributed by atoms with E-state index in [4.69, 9.17) is 0 Å². The molecule has 2 amide bonds. The summed E-state index contributed by atoms with van der Waals surface area (Å²) in [6.45, 7) is 5.94. The fourth-order valence-electron chi connectivity index (χ4n) is 5.32. The molecule has 2 aromatic carbocycles. The van der Waals surface area contributed by atoms with Gasteiger partial charge < -0.3 is 21.3 Å². The largest absolute Gasteiger partial charge is 0.320 e. The maximum Gasteiger partial charge on any atom is 0.286 e. The first-order valence-electron chi connectivity index (χ1n) is 13.6. The van der Waals surface area contributed by atoms with Gasteiger partial charge in [-0.15, -0.1) is 21.5 Å². The predicted octanol–water partition coefficient (Wildman–Crippen LogP) is 5.63. The van der Waals surface area contributed by atoms with Crippen LogP contribution in [0.1, 0.15) is 78.4 Å². The van der Waals surface area contributed by atoms with Crippen LogP contribution in [-0.4, -0.2) is 40.1 Å². The zero-order chi connectivity index (χ0) is 27.6. The smallest absolute Gasteiger partial charge is 0.286 e. The summed E-state index contributed by atoms with van der Waals surface area (Å²) in [5.41, 5.74) is 5.26. The molecule has 40 heavy (non-hydrogen) atoms. The van der Waals surface area contributed by atoms with E-state index in [1.165, 1.54) is 22.7 Å². The number of carbonyl (C=O) groups excluding carboxylic acids is 2. The van der Waals surface area contributed by atoms with Crippen LogP contribution in [0.5, 0.6) is 0 Å². The Morgan fingerprint density at radius 2 is 1.40 bits per heavy atom. The normalized spacial score (nSPS) is 18.6. The molecule has 4 aromatic rings. The van der Waals surface area contributed by atoms with E-state index in [0.717, 1.165) is 76.6 Å². The van der Waals surface area contributed by atoms with Gasteiger partial charge in [-0.25, -0.2) is 4.98 Å². The van der Waals surface area contributed by atoms with Gasteiger partial charge in [0, 0.05) is 28.5 Å². The number of hydrogen-bond donors (Lipinski definition) is 4. The number of aromatic nitrogens is 3. The first-order chi connectivity index (χ1) is 19.5. The number of anilines is 2. The number of thiazole rings is 1. The fourth-order valence-corrected chi connectivity index (χ4v) is 7.09. The summed E-state index contributed by atoms with van der Waals surface area (Å²) in [6, 6.07) is 12.2. The molecule has 11 heteroatoms. The molecular formula is C29H31N7O2S2. The van der Waals surface area contributed by atoms with Gasteiger partial charge in [-0.3, -0.25) is 9.59 Å². The first kappa shape index (κ1) is 26.7. The standard InChI is InChI=1S/C29H31N7O2S2/c1-16-18(7-3-9-20(16)33-25(37)28-32-15-24(39-28)22-11-5-13-30-22)19-8-4-10-21(17(19)2)34-26(38)29-36-35-27(40-29)23-12-6-14-31-23/h3-4,7-10,15,22-23,30-31H,5-6,11-14H2,1-2H3,(H,33,37)(H,34,38)/t22-,23-/m0/s1. The van der Waals surface area contributed by atoms with E-state index in [2.05, 4.69) is 36.4 Å². The molecule has 206 valence electrons. The maximum atomic E-state index is 13.1. The third-order valence-corrected chi connectivity index (χ3v) is 9.71. The van der Waals surface area contributed by atoms with Crippen molar-refractivity contribution in [2.75, 3.05) is 23.7 Å². The van der Waals surface area contributed by atoms with Crippen LogP contribution in [0.4, 0.5) is 11.4 Å². The van der Waals surface area contributed by atoms with Crippen LogP contribution in [-0.2, 0) is 0 Å². The van der Waals surface area contributed by atoms with E-state index < -0.39 is 0 Å². The molecule has 0 spiro atoms. The molecule has 2 fully saturated rings. The van der Waals surface area contributed by atoms with Crippen LogP contribution in [0, 0.1) is 13.8 Å². The average Bonchev–Trinajstić information content (AvgIpc) is 3.77. The Balaban J connectivity index is 1.19. The van der Waals surface area contributed by atoms with Gasteiger partial charge in [0.25, 0.3) is 11.8 Å². The summed E-state index contributed by atoms with van der Waals surface area (Å²) in [4.78, 5) is 31.6. The monoisotopic (exact) mass is 573 g/mol. The molecule has 2 aliphatic rings. The summed E-state index contributed by atoms with van der Waals surface area (Å²) in [5.74, 6) is -0.480. The Morgan fingerprint density at radius 1 is 0.800 bits per heavy atom. The molecule has 2 atom stereocenters. The highest BCUT2D eigenvalue weighted by Crippen LogP contribution is 2.35. The lowest BCUT2D eigenvalue weighted by atomic mass is 9.94. The summed E-state index contributed by atoms with van der Waals surface area (Å²) in [6.07, 6.45) is 6.14. The van der Waals surface area contributed by atoms with Crippen LogP contribution in [0.15, 0.2) is 42.6 Å². The van der Waals surface area contributed by atoms with Crippen molar-refractivity contribution < 1.29 is 9.59 Å². The number of benzene rings is 2. The lowest BCUT2D eigenvalue weighted by molar-refractivity contribution is 0.101. The van der Waals surface area contributed by atoms with Crippen molar-refractivity contribution in [2.24, 2.45) is 0 Å². The molecule has 9 nitrogen and oxygen atoms in total. The molecular weight excluding hydrogens is 543 g/mol. The number of carbonyl (C=O) groups is 2. The Morgan fingerprint density at radius 3 is 2.00 bits per heavy atom. The number of amides is 2. The third-order valence-electron chi connectivity index (χ3n) is 7.57. The van der Waals surface area contributed by atoms with Crippen molar-refractivity contribution in [3.63, 3.8) is 0 Å². The molecule has 4 N–H and O–H groups in total. The van der Waals surface area contributed by atoms with E-state index in [1.54, 1.807) is 0 Å². The highest BCUT2D eigenvalue weighted by Gasteiger charge is 2.24. The topological polar surface area (TPSA) is 121 Å². The number of rotatable bonds is 7. The van der Waals surface area contributed by atoms with Crippen molar-refractivity contribution in [1.82, 2.24) is 25.8 Å². The average molecular weight is 574 g/mol. The van der Waals surface area contributed by atoms with Crippen molar-refractivity contribution >= 4 is 45.9 Å². The van der Waals surface area contributed by atoms with Crippen LogP contribution >= 0.6 is 22.7 Å². The summed E-state index contributed by atoms with van der Waals surface area (Å²) < 4.78 is 0. The Kier molecular flexibility index (Phi) is 7.70. The number of nitrogens with zero attached hydrogens (tertiary/aromatic N) is 3. The molecule has 0 unspecified atom stereocenters. The molecule has 4 heterocycles. The molecule has 2 aromatic heterocycles. The van der Waals surface area contributed by atoms with Gasteiger partial charge in [0.1, 0.15) is 5.01 Å². The number of nitrogens with one attached hydrogen (secondary N) is 4. The van der Waals surface area contributed by atoms with Gasteiger partial charge >= 0.3 is 0 Å². The minimum absolute atomic E-state index is 0.182. The second-order valence-electron chi connectivity index (χ2n) is 10.2. The Labute approximate surface area is 240 Å². The summed E-state index contributed by atoms with van der Waals surface area (Å²) in [5, 5.41) is 23.0. The van der Waals surface area contributed by atoms with Gasteiger partial charge in [0.05, 0.1) is 6.04 Å². The van der Waals surface area contributed by atoms with Crippen molar-refractivity contribution in [1.29, 1.82) is 0 Å². The maximum absolute atomic E-state index is 13.1. The van der Waals surface area contributed by atoms with Crippen molar-refractivity contribution in [3.8, 4) is 11.1 Å². The van der Waals surface area contributed by atoms with E-state index in [1.807, 2.05) is 56.4 Å². The number of hydrogen-bond acceptors (Lipinski definition) is 9. The van der Waals surface area contributed by atoms with Crippen molar-refractivity contribution in [2.45, 2.75) is 51.6 Å². The first-order valence-corrected chi connectivity index (χ1v) is 15.2. The second kappa shape index (κ2) is 11.5. The van der Waals surface area contributed by atoms with Gasteiger partial charge in [-0.05, 0) is 87.0 Å². The molecule has 2 aliphatic heterocycles. The van der Waals surface area contributed by atoms with E-state index >= 15 is 0 Å². The molecule has 0 radical (unpaired) electrons. The zero-order valence-electron chi connectivity index (χ0n) is 22.4. The highest BCUT2D eigenvalue weighted by atomic mass is 32.1. The predicted molar refractivity (Wildman–Crippen MR) is 159 cm³/mol. The fraction of sp³-hybridized carbons (Fsp3) is 0.345. The van der Waals surface area contributed by atoms with Crippen molar-refractivity contribution in [3.05, 3.63) is 73.6 Å². The van der Waals surface area contributed by atoms with Gasteiger partial charge in [0.15, 0.2) is 5.01 Å². The SMILES string of the molecule is Cc1c(NC(=O)c2ncc([C@@H]3CCCN3)s2)cccc1-c1cccc(NC(=O)c2nnc([C@@H]3CCCN3)s2)c1C. The quantitative estimate of drug-likeness (QED) is 0.226. The van der Waals surface area contributed by atoms with Gasteiger partial charge in [-0.1, -0.05) is 35.6 Å². The van der Waals surface area contributed by atoms with E-state index in [-0.39, 0.29) is 23.9 Å². The molecule has 6 rings (SSSR count). The Hall–Kier alpha value is -3.51. The Bertz CT molecular complexity index is 1440. The molecule has 0 saturated carbocycles. The molecule has 2 saturated heterocycles. The molecule has 0 aliphatic carbocycles. The minimum atomic E-state index is -0.268. The zero-order valence-corrected chi connectivity index (χ0v) is 24.0. The van der Waals surface area contributed by atoms with E-state index in [9.17, 15) is 9.59 Å². The van der Waals surface area contributed by atoms with Gasteiger partial charge in [-0.2, -0.15) is 0 Å². The van der Waals surface area contributed by atoms with Crippen LogP contribution < -0.4 is 21.3 Å².